The van der Waals surface area contributed by atoms with Crippen LogP contribution in [0.25, 0.3) is 0 Å². The Morgan fingerprint density at radius 3 is 2.48 bits per heavy atom. The van der Waals surface area contributed by atoms with E-state index >= 15 is 0 Å². The van der Waals surface area contributed by atoms with Crippen LogP contribution in [0.15, 0.2) is 23.1 Å². The fourth-order valence-corrected chi connectivity index (χ4v) is 5.26. The molecule has 2 fully saturated rings. The Balaban J connectivity index is 1.55. The third-order valence-electron chi connectivity index (χ3n) is 6.22. The number of sulfonamides is 1. The summed E-state index contributed by atoms with van der Waals surface area (Å²) in [5.41, 5.74) is 0.460. The fraction of sp³-hybridized carbons (Fsp3) is 0.667. The molecule has 0 saturated heterocycles. The highest BCUT2D eigenvalue weighted by Crippen LogP contribution is 2.56. The van der Waals surface area contributed by atoms with Crippen molar-refractivity contribution < 1.29 is 18.4 Å². The van der Waals surface area contributed by atoms with E-state index in [1.807, 2.05) is 0 Å². The van der Waals surface area contributed by atoms with E-state index in [0.29, 0.717) is 29.5 Å². The van der Waals surface area contributed by atoms with Gasteiger partial charge in [0.1, 0.15) is 5.69 Å². The minimum atomic E-state index is -3.98. The first-order valence-electron chi connectivity index (χ1n) is 9.38. The molecule has 8 nitrogen and oxygen atoms in total. The Morgan fingerprint density at radius 1 is 1.26 bits per heavy atom. The molecule has 0 bridgehead atoms. The predicted molar refractivity (Wildman–Crippen MR) is 102 cm³/mol. The average molecular weight is 397 g/mol. The van der Waals surface area contributed by atoms with Crippen LogP contribution in [0.1, 0.15) is 44.9 Å². The van der Waals surface area contributed by atoms with E-state index in [2.05, 4.69) is 5.32 Å². The highest BCUT2D eigenvalue weighted by atomic mass is 32.2. The molecule has 150 valence electrons. The lowest BCUT2D eigenvalue weighted by molar-refractivity contribution is -0.384. The number of hydrogen-bond acceptors (Lipinski definition) is 6. The van der Waals surface area contributed by atoms with Crippen molar-refractivity contribution in [2.45, 2.75) is 49.8 Å². The standard InChI is InChI=1S/C18H27N3O5S/c19-27(25,26)15-1-2-16(17(9-15)21(23)24)20-12-14-10-18(11-14)6-3-13(4-7-18)5-8-22/h1-2,9,13-14,20,22H,3-8,10-12H2,(H2,19,25,26). The number of anilines is 1. The Morgan fingerprint density at radius 2 is 1.93 bits per heavy atom. The third-order valence-corrected chi connectivity index (χ3v) is 7.13. The van der Waals surface area contributed by atoms with Gasteiger partial charge in [-0.05, 0) is 74.3 Å². The van der Waals surface area contributed by atoms with Gasteiger partial charge in [-0.15, -0.1) is 0 Å². The van der Waals surface area contributed by atoms with E-state index in [1.54, 1.807) is 0 Å². The number of aliphatic hydroxyl groups excluding tert-OH is 1. The molecule has 2 saturated carbocycles. The number of primary sulfonamides is 1. The molecule has 2 aliphatic rings. The van der Waals surface area contributed by atoms with Gasteiger partial charge in [0.2, 0.25) is 10.0 Å². The number of nitro groups is 1. The molecule has 0 radical (unpaired) electrons. The van der Waals surface area contributed by atoms with Gasteiger partial charge in [0, 0.05) is 19.2 Å². The van der Waals surface area contributed by atoms with Crippen LogP contribution >= 0.6 is 0 Å². The third kappa shape index (κ3) is 4.59. The molecule has 0 heterocycles. The quantitative estimate of drug-likeness (QED) is 0.478. The highest BCUT2D eigenvalue weighted by Gasteiger charge is 2.45. The van der Waals surface area contributed by atoms with Gasteiger partial charge in [0.15, 0.2) is 0 Å². The van der Waals surface area contributed by atoms with Crippen molar-refractivity contribution >= 4 is 21.4 Å². The number of aliphatic hydroxyl groups is 1. The Hall–Kier alpha value is -1.71. The first kappa shape index (κ1) is 20.0. The number of nitrogens with zero attached hydrogens (tertiary/aromatic N) is 1. The van der Waals surface area contributed by atoms with Crippen molar-refractivity contribution in [3.8, 4) is 0 Å². The first-order chi connectivity index (χ1) is 12.7. The van der Waals surface area contributed by atoms with Crippen LogP contribution in [0.4, 0.5) is 11.4 Å². The number of rotatable bonds is 7. The smallest absolute Gasteiger partial charge is 0.293 e. The van der Waals surface area contributed by atoms with E-state index in [0.717, 1.165) is 25.3 Å². The van der Waals surface area contributed by atoms with E-state index < -0.39 is 14.9 Å². The molecule has 2 aliphatic carbocycles. The van der Waals surface area contributed by atoms with E-state index in [9.17, 15) is 18.5 Å². The highest BCUT2D eigenvalue weighted by molar-refractivity contribution is 7.89. The number of hydrogen-bond donors (Lipinski definition) is 3. The Labute approximate surface area is 159 Å². The zero-order valence-corrected chi connectivity index (χ0v) is 16.1. The van der Waals surface area contributed by atoms with Crippen molar-refractivity contribution in [1.82, 2.24) is 0 Å². The molecule has 1 spiro atoms. The summed E-state index contributed by atoms with van der Waals surface area (Å²) in [6.07, 6.45) is 7.92. The Bertz CT molecular complexity index is 795. The molecule has 27 heavy (non-hydrogen) atoms. The summed E-state index contributed by atoms with van der Waals surface area (Å²) in [6, 6.07) is 3.70. The van der Waals surface area contributed by atoms with Gasteiger partial charge in [0.25, 0.3) is 5.69 Å². The van der Waals surface area contributed by atoms with Crippen LogP contribution in [-0.2, 0) is 10.0 Å². The van der Waals surface area contributed by atoms with Crippen molar-refractivity contribution in [3.05, 3.63) is 28.3 Å². The molecule has 0 unspecified atom stereocenters. The van der Waals surface area contributed by atoms with Crippen LogP contribution in [0.2, 0.25) is 0 Å². The summed E-state index contributed by atoms with van der Waals surface area (Å²) in [5.74, 6) is 1.12. The van der Waals surface area contributed by atoms with Crippen LogP contribution in [0, 0.1) is 27.4 Å². The number of benzene rings is 1. The maximum absolute atomic E-state index is 11.4. The van der Waals surface area contributed by atoms with Crippen molar-refractivity contribution in [2.75, 3.05) is 18.5 Å². The van der Waals surface area contributed by atoms with Crippen molar-refractivity contribution in [3.63, 3.8) is 0 Å². The molecule has 0 aliphatic heterocycles. The molecule has 3 rings (SSSR count). The topological polar surface area (TPSA) is 136 Å². The molecular weight excluding hydrogens is 370 g/mol. The summed E-state index contributed by atoms with van der Waals surface area (Å²) in [7, 11) is -3.98. The molecule has 0 aromatic heterocycles. The minimum absolute atomic E-state index is 0.262. The molecule has 0 amide bonds. The average Bonchev–Trinajstić information content (AvgIpc) is 2.58. The van der Waals surface area contributed by atoms with Gasteiger partial charge in [0.05, 0.1) is 9.82 Å². The summed E-state index contributed by atoms with van der Waals surface area (Å²) < 4.78 is 22.8. The number of nitro benzene ring substituents is 1. The van der Waals surface area contributed by atoms with Crippen LogP contribution in [0.3, 0.4) is 0 Å². The monoisotopic (exact) mass is 397 g/mol. The molecular formula is C18H27N3O5S. The zero-order valence-electron chi connectivity index (χ0n) is 15.3. The number of nitrogens with one attached hydrogen (secondary N) is 1. The normalized spacial score (nSPS) is 27.9. The lowest BCUT2D eigenvalue weighted by Crippen LogP contribution is -2.43. The largest absolute Gasteiger partial charge is 0.396 e. The van der Waals surface area contributed by atoms with Crippen molar-refractivity contribution in [2.24, 2.45) is 22.4 Å². The van der Waals surface area contributed by atoms with Crippen LogP contribution in [0.5, 0.6) is 0 Å². The lowest BCUT2D eigenvalue weighted by atomic mass is 9.54. The summed E-state index contributed by atoms with van der Waals surface area (Å²) in [5, 5.41) is 28.5. The predicted octanol–water partition coefficient (Wildman–Crippen LogP) is 2.62. The van der Waals surface area contributed by atoms with Gasteiger partial charge >= 0.3 is 0 Å². The lowest BCUT2D eigenvalue weighted by Gasteiger charge is -2.52. The van der Waals surface area contributed by atoms with E-state index in [-0.39, 0.29) is 17.2 Å². The van der Waals surface area contributed by atoms with E-state index in [1.165, 1.54) is 37.8 Å². The van der Waals surface area contributed by atoms with Crippen molar-refractivity contribution in [1.29, 1.82) is 0 Å². The van der Waals surface area contributed by atoms with Gasteiger partial charge in [-0.25, -0.2) is 13.6 Å². The molecule has 1 aromatic carbocycles. The number of nitrogens with two attached hydrogens (primary N) is 1. The molecule has 0 atom stereocenters. The minimum Gasteiger partial charge on any atom is -0.396 e. The summed E-state index contributed by atoms with van der Waals surface area (Å²) in [6.45, 7) is 0.907. The van der Waals surface area contributed by atoms with Gasteiger partial charge in [-0.3, -0.25) is 10.1 Å². The second-order valence-corrected chi connectivity index (χ2v) is 9.65. The van der Waals surface area contributed by atoms with Crippen LogP contribution < -0.4 is 10.5 Å². The van der Waals surface area contributed by atoms with Gasteiger partial charge < -0.3 is 10.4 Å². The van der Waals surface area contributed by atoms with E-state index in [4.69, 9.17) is 10.2 Å². The molecule has 1 aromatic rings. The second kappa shape index (κ2) is 7.73. The zero-order chi connectivity index (χ0) is 19.7. The van der Waals surface area contributed by atoms with Gasteiger partial charge in [-0.1, -0.05) is 0 Å². The first-order valence-corrected chi connectivity index (χ1v) is 10.9. The SMILES string of the molecule is NS(=O)(=O)c1ccc(NCC2CC3(CCC(CCO)CC3)C2)c([N+](=O)[O-])c1. The second-order valence-electron chi connectivity index (χ2n) is 8.09. The molecule has 4 N–H and O–H groups in total. The summed E-state index contributed by atoms with van der Waals surface area (Å²) in [4.78, 5) is 10.4. The maximum atomic E-state index is 11.4. The molecule has 9 heteroatoms. The van der Waals surface area contributed by atoms with Gasteiger partial charge in [-0.2, -0.15) is 0 Å². The summed E-state index contributed by atoms with van der Waals surface area (Å²) >= 11 is 0. The fourth-order valence-electron chi connectivity index (χ4n) is 4.72. The Kier molecular flexibility index (Phi) is 5.73. The van der Waals surface area contributed by atoms with Crippen LogP contribution in [-0.4, -0.2) is 31.6 Å². The maximum Gasteiger partial charge on any atom is 0.293 e.